The van der Waals surface area contributed by atoms with Crippen LogP contribution in [-0.2, 0) is 23.9 Å². The number of amides is 1. The number of carbonyl (C=O) groups is 3. The van der Waals surface area contributed by atoms with Crippen LogP contribution in [0.5, 0.6) is 0 Å². The normalized spacial score (nSPS) is 21.0. The number of hydrogen-bond acceptors (Lipinski definition) is 6. The standard InChI is InChI=1S/C17H29NO5S/c1-7-22-14(20)9-8-13(19)18-12(15(21)23-11(2)3)10-24-16(18)17(4,5)6/h11-12,16H,7-10H2,1-6H3. The number of ether oxygens (including phenoxy) is 2. The van der Waals surface area contributed by atoms with Crippen molar-refractivity contribution in [2.24, 2.45) is 5.41 Å². The van der Waals surface area contributed by atoms with E-state index in [2.05, 4.69) is 0 Å². The van der Waals surface area contributed by atoms with Gasteiger partial charge in [0.2, 0.25) is 5.91 Å². The summed E-state index contributed by atoms with van der Waals surface area (Å²) >= 11 is 1.58. The zero-order valence-corrected chi connectivity index (χ0v) is 16.3. The molecule has 0 aromatic rings. The van der Waals surface area contributed by atoms with Gasteiger partial charge in [-0.25, -0.2) is 4.79 Å². The van der Waals surface area contributed by atoms with Crippen molar-refractivity contribution in [3.63, 3.8) is 0 Å². The predicted molar refractivity (Wildman–Crippen MR) is 93.4 cm³/mol. The van der Waals surface area contributed by atoms with Gasteiger partial charge >= 0.3 is 11.9 Å². The summed E-state index contributed by atoms with van der Waals surface area (Å²) in [5.74, 6) is -0.475. The Bertz CT molecular complexity index is 472. The molecule has 24 heavy (non-hydrogen) atoms. The maximum absolute atomic E-state index is 12.7. The average Bonchev–Trinajstić information content (AvgIpc) is 2.89. The van der Waals surface area contributed by atoms with Gasteiger partial charge in [0, 0.05) is 12.2 Å². The summed E-state index contributed by atoms with van der Waals surface area (Å²) in [6, 6.07) is -0.601. The molecule has 1 amide bonds. The number of hydrogen-bond donors (Lipinski definition) is 0. The summed E-state index contributed by atoms with van der Waals surface area (Å²) in [7, 11) is 0. The molecule has 1 saturated heterocycles. The average molecular weight is 359 g/mol. The molecule has 0 N–H and O–H groups in total. The van der Waals surface area contributed by atoms with E-state index in [4.69, 9.17) is 9.47 Å². The highest BCUT2D eigenvalue weighted by Crippen LogP contribution is 2.41. The summed E-state index contributed by atoms with van der Waals surface area (Å²) in [5.41, 5.74) is -0.183. The van der Waals surface area contributed by atoms with Gasteiger partial charge in [-0.3, -0.25) is 9.59 Å². The molecule has 0 aromatic carbocycles. The minimum atomic E-state index is -0.601. The molecule has 1 rings (SSSR count). The van der Waals surface area contributed by atoms with Crippen molar-refractivity contribution in [2.45, 2.75) is 71.9 Å². The quantitative estimate of drug-likeness (QED) is 0.679. The summed E-state index contributed by atoms with van der Waals surface area (Å²) in [6.45, 7) is 11.7. The van der Waals surface area contributed by atoms with Gasteiger partial charge in [-0.1, -0.05) is 20.8 Å². The fraction of sp³-hybridized carbons (Fsp3) is 0.824. The lowest BCUT2D eigenvalue weighted by Crippen LogP contribution is -2.50. The predicted octanol–water partition coefficient (Wildman–Crippen LogP) is 2.60. The van der Waals surface area contributed by atoms with Crippen LogP contribution in [0, 0.1) is 5.41 Å². The summed E-state index contributed by atoms with van der Waals surface area (Å²) < 4.78 is 10.2. The number of esters is 2. The van der Waals surface area contributed by atoms with Crippen LogP contribution in [-0.4, -0.2) is 52.6 Å². The molecule has 0 bridgehead atoms. The van der Waals surface area contributed by atoms with E-state index in [1.165, 1.54) is 0 Å². The van der Waals surface area contributed by atoms with Gasteiger partial charge in [0.25, 0.3) is 0 Å². The minimum absolute atomic E-state index is 0.0245. The van der Waals surface area contributed by atoms with Crippen molar-refractivity contribution in [3.05, 3.63) is 0 Å². The molecule has 1 heterocycles. The third-order valence-corrected chi connectivity index (χ3v) is 5.26. The third-order valence-electron chi connectivity index (χ3n) is 3.50. The zero-order valence-electron chi connectivity index (χ0n) is 15.5. The second-order valence-corrected chi connectivity index (χ2v) is 8.27. The summed E-state index contributed by atoms with van der Waals surface area (Å²) in [4.78, 5) is 38.2. The van der Waals surface area contributed by atoms with Crippen LogP contribution in [0.3, 0.4) is 0 Å². The van der Waals surface area contributed by atoms with Crippen molar-refractivity contribution in [1.82, 2.24) is 4.90 Å². The zero-order chi connectivity index (χ0) is 18.5. The lowest BCUT2D eigenvalue weighted by atomic mass is 9.94. The maximum atomic E-state index is 12.7. The molecule has 0 aromatic heterocycles. The van der Waals surface area contributed by atoms with E-state index in [1.807, 2.05) is 20.8 Å². The second kappa shape index (κ2) is 8.74. The van der Waals surface area contributed by atoms with E-state index in [-0.39, 0.29) is 41.6 Å². The molecule has 0 radical (unpaired) electrons. The fourth-order valence-corrected chi connectivity index (χ4v) is 4.13. The lowest BCUT2D eigenvalue weighted by Gasteiger charge is -2.36. The molecule has 2 atom stereocenters. The minimum Gasteiger partial charge on any atom is -0.466 e. The number of thioether (sulfide) groups is 1. The lowest BCUT2D eigenvalue weighted by molar-refractivity contribution is -0.158. The smallest absolute Gasteiger partial charge is 0.330 e. The van der Waals surface area contributed by atoms with Crippen molar-refractivity contribution in [2.75, 3.05) is 12.4 Å². The summed E-state index contributed by atoms with van der Waals surface area (Å²) in [5, 5.41) is -0.128. The first-order chi connectivity index (χ1) is 11.1. The largest absolute Gasteiger partial charge is 0.466 e. The van der Waals surface area contributed by atoms with Gasteiger partial charge in [-0.05, 0) is 26.2 Å². The molecular weight excluding hydrogens is 330 g/mol. The number of carbonyl (C=O) groups excluding carboxylic acids is 3. The van der Waals surface area contributed by atoms with Crippen molar-refractivity contribution >= 4 is 29.6 Å². The Hall–Kier alpha value is -1.24. The molecule has 6 nitrogen and oxygen atoms in total. The Kier molecular flexibility index (Phi) is 7.57. The van der Waals surface area contributed by atoms with E-state index >= 15 is 0 Å². The first-order valence-electron chi connectivity index (χ1n) is 8.36. The van der Waals surface area contributed by atoms with Gasteiger partial charge < -0.3 is 14.4 Å². The topological polar surface area (TPSA) is 72.9 Å². The Balaban J connectivity index is 2.88. The molecule has 7 heteroatoms. The highest BCUT2D eigenvalue weighted by molar-refractivity contribution is 8.00. The monoisotopic (exact) mass is 359 g/mol. The van der Waals surface area contributed by atoms with E-state index in [9.17, 15) is 14.4 Å². The van der Waals surface area contributed by atoms with E-state index in [1.54, 1.807) is 37.4 Å². The van der Waals surface area contributed by atoms with Gasteiger partial charge in [-0.2, -0.15) is 0 Å². The number of rotatable bonds is 6. The van der Waals surface area contributed by atoms with Crippen LogP contribution in [0.2, 0.25) is 0 Å². The van der Waals surface area contributed by atoms with Crippen LogP contribution in [0.4, 0.5) is 0 Å². The van der Waals surface area contributed by atoms with E-state index in [0.29, 0.717) is 12.4 Å². The molecule has 0 aliphatic carbocycles. The van der Waals surface area contributed by atoms with Crippen LogP contribution in [0.15, 0.2) is 0 Å². The summed E-state index contributed by atoms with van der Waals surface area (Å²) in [6.07, 6.45) is -0.165. The highest BCUT2D eigenvalue weighted by atomic mass is 32.2. The Morgan fingerprint density at radius 1 is 1.21 bits per heavy atom. The molecule has 1 aliphatic rings. The fourth-order valence-electron chi connectivity index (χ4n) is 2.54. The Morgan fingerprint density at radius 3 is 2.33 bits per heavy atom. The molecule has 2 unspecified atom stereocenters. The van der Waals surface area contributed by atoms with Crippen LogP contribution < -0.4 is 0 Å². The first-order valence-corrected chi connectivity index (χ1v) is 9.41. The van der Waals surface area contributed by atoms with Crippen LogP contribution in [0.1, 0.15) is 54.4 Å². The molecule has 1 aliphatic heterocycles. The molecule has 1 fully saturated rings. The van der Waals surface area contributed by atoms with E-state index in [0.717, 1.165) is 0 Å². The third kappa shape index (κ3) is 5.69. The molecule has 0 spiro atoms. The van der Waals surface area contributed by atoms with Gasteiger partial charge in [-0.15, -0.1) is 11.8 Å². The Morgan fingerprint density at radius 2 is 1.83 bits per heavy atom. The van der Waals surface area contributed by atoms with Gasteiger partial charge in [0.15, 0.2) is 0 Å². The second-order valence-electron chi connectivity index (χ2n) is 7.16. The van der Waals surface area contributed by atoms with E-state index < -0.39 is 12.0 Å². The highest BCUT2D eigenvalue weighted by Gasteiger charge is 2.46. The van der Waals surface area contributed by atoms with Crippen LogP contribution >= 0.6 is 11.8 Å². The molecule has 0 saturated carbocycles. The Labute approximate surface area is 148 Å². The van der Waals surface area contributed by atoms with Crippen LogP contribution in [0.25, 0.3) is 0 Å². The molecule has 138 valence electrons. The first kappa shape index (κ1) is 20.8. The van der Waals surface area contributed by atoms with Gasteiger partial charge in [0.05, 0.1) is 24.5 Å². The van der Waals surface area contributed by atoms with Gasteiger partial charge in [0.1, 0.15) is 6.04 Å². The van der Waals surface area contributed by atoms with Crippen molar-refractivity contribution in [1.29, 1.82) is 0 Å². The van der Waals surface area contributed by atoms with Crippen molar-refractivity contribution in [3.8, 4) is 0 Å². The molecular formula is C17H29NO5S. The SMILES string of the molecule is CCOC(=O)CCC(=O)N1C(C(=O)OC(C)C)CSC1C(C)(C)C. The van der Waals surface area contributed by atoms with Crippen molar-refractivity contribution < 1.29 is 23.9 Å². The maximum Gasteiger partial charge on any atom is 0.330 e. The number of nitrogens with zero attached hydrogens (tertiary/aromatic N) is 1.